The van der Waals surface area contributed by atoms with Crippen LogP contribution in [0.4, 0.5) is 4.79 Å². The summed E-state index contributed by atoms with van der Waals surface area (Å²) >= 11 is 0. The van der Waals surface area contributed by atoms with Crippen LogP contribution in [0.15, 0.2) is 0 Å². The Morgan fingerprint density at radius 1 is 1.37 bits per heavy atom. The molecule has 0 bridgehead atoms. The number of urea groups is 1. The van der Waals surface area contributed by atoms with Crippen molar-refractivity contribution in [3.63, 3.8) is 0 Å². The second kappa shape index (κ2) is 6.17. The minimum Gasteiger partial charge on any atom is -0.480 e. The number of piperazine rings is 1. The number of nitrogens with zero attached hydrogens (tertiary/aromatic N) is 1. The monoisotopic (exact) mass is 271 g/mol. The van der Waals surface area contributed by atoms with E-state index in [9.17, 15) is 19.2 Å². The zero-order chi connectivity index (χ0) is 14.6. The van der Waals surface area contributed by atoms with E-state index in [-0.39, 0.29) is 19.0 Å². The van der Waals surface area contributed by atoms with Gasteiger partial charge in [0.25, 0.3) is 0 Å². The number of rotatable bonds is 4. The summed E-state index contributed by atoms with van der Waals surface area (Å²) in [5.74, 6) is -2.56. The van der Waals surface area contributed by atoms with Crippen LogP contribution in [0.5, 0.6) is 0 Å². The third-order valence-corrected chi connectivity index (χ3v) is 2.99. The van der Waals surface area contributed by atoms with E-state index in [0.717, 1.165) is 4.90 Å². The fraction of sp³-hybridized carbons (Fsp3) is 0.636. The van der Waals surface area contributed by atoms with Gasteiger partial charge in [-0.15, -0.1) is 0 Å². The van der Waals surface area contributed by atoms with Crippen LogP contribution in [0.25, 0.3) is 0 Å². The second-order valence-corrected chi connectivity index (χ2v) is 4.48. The molecule has 0 aromatic rings. The van der Waals surface area contributed by atoms with Crippen LogP contribution >= 0.6 is 0 Å². The third kappa shape index (κ3) is 3.94. The molecule has 0 spiro atoms. The lowest BCUT2D eigenvalue weighted by Crippen LogP contribution is -2.58. The predicted octanol–water partition coefficient (Wildman–Crippen LogP) is -0.846. The predicted molar refractivity (Wildman–Crippen MR) is 64.1 cm³/mol. The number of amides is 4. The van der Waals surface area contributed by atoms with Gasteiger partial charge in [0.2, 0.25) is 11.8 Å². The Morgan fingerprint density at radius 2 is 1.89 bits per heavy atom. The van der Waals surface area contributed by atoms with Gasteiger partial charge in [0, 0.05) is 0 Å². The van der Waals surface area contributed by atoms with Crippen LogP contribution in [0, 0.1) is 5.92 Å². The highest BCUT2D eigenvalue weighted by atomic mass is 16.4. The Labute approximate surface area is 110 Å². The topological polar surface area (TPSA) is 116 Å². The van der Waals surface area contributed by atoms with Gasteiger partial charge in [0.1, 0.15) is 19.1 Å². The van der Waals surface area contributed by atoms with Crippen molar-refractivity contribution in [3.8, 4) is 0 Å². The molecular weight excluding hydrogens is 254 g/mol. The average Bonchev–Trinajstić information content (AvgIpc) is 2.33. The minimum atomic E-state index is -1.14. The first-order chi connectivity index (χ1) is 8.85. The number of carboxylic acid groups (broad SMARTS) is 1. The molecule has 1 aliphatic heterocycles. The van der Waals surface area contributed by atoms with E-state index in [1.807, 2.05) is 6.92 Å². The molecule has 3 N–H and O–H groups in total. The summed E-state index contributed by atoms with van der Waals surface area (Å²) in [6.07, 6.45) is 0.580. The molecule has 0 radical (unpaired) electrons. The summed E-state index contributed by atoms with van der Waals surface area (Å²) in [5, 5.41) is 13.4. The van der Waals surface area contributed by atoms with Gasteiger partial charge in [0.05, 0.1) is 0 Å². The maximum Gasteiger partial charge on any atom is 0.326 e. The van der Waals surface area contributed by atoms with Crippen LogP contribution in [0.3, 0.4) is 0 Å². The Morgan fingerprint density at radius 3 is 2.32 bits per heavy atom. The van der Waals surface area contributed by atoms with Crippen molar-refractivity contribution < 1.29 is 24.3 Å². The van der Waals surface area contributed by atoms with Crippen molar-refractivity contribution in [1.82, 2.24) is 15.5 Å². The van der Waals surface area contributed by atoms with Gasteiger partial charge in [-0.25, -0.2) is 9.59 Å². The molecule has 1 heterocycles. The first-order valence-electron chi connectivity index (χ1n) is 5.96. The highest BCUT2D eigenvalue weighted by molar-refractivity contribution is 6.02. The van der Waals surface area contributed by atoms with E-state index in [1.54, 1.807) is 6.92 Å². The fourth-order valence-corrected chi connectivity index (χ4v) is 1.69. The van der Waals surface area contributed by atoms with Crippen LogP contribution in [0.2, 0.25) is 0 Å². The molecule has 0 aromatic carbocycles. The molecule has 1 aliphatic rings. The largest absolute Gasteiger partial charge is 0.480 e. The van der Waals surface area contributed by atoms with E-state index in [2.05, 4.69) is 10.6 Å². The third-order valence-electron chi connectivity index (χ3n) is 2.99. The summed E-state index contributed by atoms with van der Waals surface area (Å²) in [7, 11) is 0. The summed E-state index contributed by atoms with van der Waals surface area (Å²) in [4.78, 5) is 46.2. The van der Waals surface area contributed by atoms with Crippen molar-refractivity contribution in [1.29, 1.82) is 0 Å². The molecule has 0 aromatic heterocycles. The summed E-state index contributed by atoms with van der Waals surface area (Å²) in [6, 6.07) is -1.77. The standard InChI is InChI=1S/C11H17N3O5/c1-3-6(2)9(10(17)18)13-11(19)14-4-7(15)12-8(16)5-14/h6,9H,3-5H2,1-2H3,(H,13,19)(H,17,18)(H,12,15,16). The molecular formula is C11H17N3O5. The lowest BCUT2D eigenvalue weighted by Gasteiger charge is -2.28. The second-order valence-electron chi connectivity index (χ2n) is 4.48. The molecule has 1 rings (SSSR count). The molecule has 0 saturated carbocycles. The lowest BCUT2D eigenvalue weighted by molar-refractivity contribution is -0.140. The molecule has 2 atom stereocenters. The maximum atomic E-state index is 11.8. The van der Waals surface area contributed by atoms with Gasteiger partial charge in [0.15, 0.2) is 0 Å². The molecule has 8 nitrogen and oxygen atoms in total. The zero-order valence-corrected chi connectivity index (χ0v) is 10.8. The highest BCUT2D eigenvalue weighted by Gasteiger charge is 2.31. The number of hydrogen-bond donors (Lipinski definition) is 3. The smallest absolute Gasteiger partial charge is 0.326 e. The maximum absolute atomic E-state index is 11.8. The number of hydrogen-bond acceptors (Lipinski definition) is 4. The van der Waals surface area contributed by atoms with E-state index in [4.69, 9.17) is 5.11 Å². The number of imide groups is 1. The number of carboxylic acids is 1. The van der Waals surface area contributed by atoms with Gasteiger partial charge in [-0.3, -0.25) is 14.9 Å². The Hall–Kier alpha value is -2.12. The molecule has 4 amide bonds. The van der Waals surface area contributed by atoms with E-state index >= 15 is 0 Å². The molecule has 8 heteroatoms. The molecule has 19 heavy (non-hydrogen) atoms. The minimum absolute atomic E-state index is 0.254. The summed E-state index contributed by atoms with van der Waals surface area (Å²) in [6.45, 7) is 2.99. The number of aliphatic carboxylic acids is 1. The Kier molecular flexibility index (Phi) is 4.85. The zero-order valence-electron chi connectivity index (χ0n) is 10.8. The van der Waals surface area contributed by atoms with Crippen LogP contribution in [-0.2, 0) is 14.4 Å². The van der Waals surface area contributed by atoms with Gasteiger partial charge < -0.3 is 15.3 Å². The number of carbonyl (C=O) groups is 4. The Balaban J connectivity index is 2.69. The van der Waals surface area contributed by atoms with E-state index in [1.165, 1.54) is 0 Å². The molecule has 1 saturated heterocycles. The SMILES string of the molecule is CCC(C)C(NC(=O)N1CC(=O)NC(=O)C1)C(=O)O. The van der Waals surface area contributed by atoms with Crippen molar-refractivity contribution in [2.45, 2.75) is 26.3 Å². The van der Waals surface area contributed by atoms with Crippen LogP contribution in [0.1, 0.15) is 20.3 Å². The van der Waals surface area contributed by atoms with E-state index < -0.39 is 29.9 Å². The van der Waals surface area contributed by atoms with Crippen LogP contribution in [-0.4, -0.2) is 53.0 Å². The number of nitrogens with one attached hydrogen (secondary N) is 2. The quantitative estimate of drug-likeness (QED) is 0.576. The summed E-state index contributed by atoms with van der Waals surface area (Å²) in [5.41, 5.74) is 0. The first-order valence-corrected chi connectivity index (χ1v) is 5.96. The Bertz CT molecular complexity index is 393. The normalized spacial score (nSPS) is 18.5. The van der Waals surface area contributed by atoms with Gasteiger partial charge >= 0.3 is 12.0 Å². The first kappa shape index (κ1) is 14.9. The van der Waals surface area contributed by atoms with Gasteiger partial charge in [-0.2, -0.15) is 0 Å². The van der Waals surface area contributed by atoms with E-state index in [0.29, 0.717) is 6.42 Å². The summed E-state index contributed by atoms with van der Waals surface area (Å²) < 4.78 is 0. The van der Waals surface area contributed by atoms with Gasteiger partial charge in [-0.1, -0.05) is 20.3 Å². The molecule has 2 unspecified atom stereocenters. The fourth-order valence-electron chi connectivity index (χ4n) is 1.69. The molecule has 106 valence electrons. The van der Waals surface area contributed by atoms with Crippen molar-refractivity contribution in [2.75, 3.05) is 13.1 Å². The van der Waals surface area contributed by atoms with Gasteiger partial charge in [-0.05, 0) is 5.92 Å². The van der Waals surface area contributed by atoms with Crippen molar-refractivity contribution >= 4 is 23.8 Å². The highest BCUT2D eigenvalue weighted by Crippen LogP contribution is 2.09. The lowest BCUT2D eigenvalue weighted by atomic mass is 9.99. The van der Waals surface area contributed by atoms with Crippen molar-refractivity contribution in [3.05, 3.63) is 0 Å². The molecule has 1 fully saturated rings. The average molecular weight is 271 g/mol. The molecule has 0 aliphatic carbocycles. The number of carbonyl (C=O) groups excluding carboxylic acids is 3. The van der Waals surface area contributed by atoms with Crippen LogP contribution < -0.4 is 10.6 Å². The van der Waals surface area contributed by atoms with Crippen molar-refractivity contribution in [2.24, 2.45) is 5.92 Å².